The summed E-state index contributed by atoms with van der Waals surface area (Å²) < 4.78 is 4.98. The Hall–Kier alpha value is -1.16. The summed E-state index contributed by atoms with van der Waals surface area (Å²) in [6.07, 6.45) is 8.38. The van der Waals surface area contributed by atoms with E-state index in [4.69, 9.17) is 4.74 Å². The Bertz CT molecular complexity index is 325. The average molecular weight is 251 g/mol. The van der Waals surface area contributed by atoms with Crippen LogP contribution in [0, 0.1) is 11.8 Å². The molecule has 4 heteroatoms. The van der Waals surface area contributed by atoms with Crippen LogP contribution in [0.25, 0.3) is 0 Å². The Labute approximate surface area is 108 Å². The Morgan fingerprint density at radius 1 is 1.11 bits per heavy atom. The van der Waals surface area contributed by atoms with Crippen LogP contribution in [0.2, 0.25) is 0 Å². The fourth-order valence-corrected chi connectivity index (χ4v) is 2.78. The molecule has 0 spiro atoms. The SMILES string of the molecule is COCCCCCN1C(=O)C2CC=CCC2C1=O. The fourth-order valence-electron chi connectivity index (χ4n) is 2.78. The first kappa shape index (κ1) is 13.3. The molecule has 2 atom stereocenters. The quantitative estimate of drug-likeness (QED) is 0.410. The van der Waals surface area contributed by atoms with E-state index in [9.17, 15) is 9.59 Å². The number of hydrogen-bond acceptors (Lipinski definition) is 3. The van der Waals surface area contributed by atoms with Crippen molar-refractivity contribution < 1.29 is 14.3 Å². The van der Waals surface area contributed by atoms with Gasteiger partial charge in [-0.15, -0.1) is 0 Å². The Balaban J connectivity index is 1.83. The maximum Gasteiger partial charge on any atom is 0.233 e. The monoisotopic (exact) mass is 251 g/mol. The molecule has 0 aromatic rings. The molecule has 1 aliphatic heterocycles. The van der Waals surface area contributed by atoms with Crippen molar-refractivity contribution in [1.82, 2.24) is 4.90 Å². The molecule has 0 N–H and O–H groups in total. The molecule has 0 saturated carbocycles. The Morgan fingerprint density at radius 3 is 2.28 bits per heavy atom. The Morgan fingerprint density at radius 2 is 1.72 bits per heavy atom. The second kappa shape index (κ2) is 6.14. The number of rotatable bonds is 6. The first-order valence-electron chi connectivity index (χ1n) is 6.75. The molecule has 0 bridgehead atoms. The van der Waals surface area contributed by atoms with Gasteiger partial charge in [-0.2, -0.15) is 0 Å². The number of nitrogens with zero attached hydrogens (tertiary/aromatic N) is 1. The summed E-state index contributed by atoms with van der Waals surface area (Å²) in [6.45, 7) is 1.32. The highest BCUT2D eigenvalue weighted by atomic mass is 16.5. The summed E-state index contributed by atoms with van der Waals surface area (Å²) in [5, 5.41) is 0. The van der Waals surface area contributed by atoms with E-state index in [0.717, 1.165) is 38.7 Å². The van der Waals surface area contributed by atoms with Crippen molar-refractivity contribution in [2.75, 3.05) is 20.3 Å². The number of amides is 2. The molecule has 1 fully saturated rings. The molecule has 1 aliphatic carbocycles. The number of imide groups is 1. The molecule has 0 aromatic carbocycles. The maximum atomic E-state index is 12.1. The molecule has 1 saturated heterocycles. The fraction of sp³-hybridized carbons (Fsp3) is 0.714. The predicted molar refractivity (Wildman–Crippen MR) is 67.8 cm³/mol. The highest BCUT2D eigenvalue weighted by Crippen LogP contribution is 2.35. The lowest BCUT2D eigenvalue weighted by Crippen LogP contribution is -2.32. The molecule has 1 heterocycles. The van der Waals surface area contributed by atoms with Crippen LogP contribution in [0.3, 0.4) is 0 Å². The number of hydrogen-bond donors (Lipinski definition) is 0. The van der Waals surface area contributed by atoms with E-state index in [2.05, 4.69) is 0 Å². The van der Waals surface area contributed by atoms with E-state index < -0.39 is 0 Å². The first-order chi connectivity index (χ1) is 8.75. The number of allylic oxidation sites excluding steroid dienone is 2. The van der Waals surface area contributed by atoms with Crippen molar-refractivity contribution in [3.8, 4) is 0 Å². The highest BCUT2D eigenvalue weighted by molar-refractivity contribution is 6.05. The van der Waals surface area contributed by atoms with Gasteiger partial charge in [0.2, 0.25) is 11.8 Å². The molecule has 2 unspecified atom stereocenters. The topological polar surface area (TPSA) is 46.6 Å². The zero-order valence-corrected chi connectivity index (χ0v) is 10.9. The van der Waals surface area contributed by atoms with Crippen LogP contribution in [0.5, 0.6) is 0 Å². The third kappa shape index (κ3) is 2.64. The maximum absolute atomic E-state index is 12.1. The average Bonchev–Trinajstić information content (AvgIpc) is 2.64. The number of unbranched alkanes of at least 4 members (excludes halogenated alkanes) is 2. The number of ether oxygens (including phenoxy) is 1. The lowest BCUT2D eigenvalue weighted by atomic mass is 9.85. The number of likely N-dealkylation sites (tertiary alicyclic amines) is 1. The molecule has 100 valence electrons. The first-order valence-corrected chi connectivity index (χ1v) is 6.75. The standard InChI is InChI=1S/C14H21NO3/c1-18-10-6-2-5-9-15-13(16)11-7-3-4-8-12(11)14(15)17/h3-4,11-12H,2,5-10H2,1H3. The van der Waals surface area contributed by atoms with Gasteiger partial charge >= 0.3 is 0 Å². The summed E-state index contributed by atoms with van der Waals surface area (Å²) in [4.78, 5) is 25.7. The third-order valence-corrected chi connectivity index (χ3v) is 3.83. The molecule has 2 aliphatic rings. The van der Waals surface area contributed by atoms with Crippen molar-refractivity contribution in [2.45, 2.75) is 32.1 Å². The molecule has 2 rings (SSSR count). The zero-order valence-electron chi connectivity index (χ0n) is 10.9. The molecular formula is C14H21NO3. The van der Waals surface area contributed by atoms with Crippen molar-refractivity contribution in [3.63, 3.8) is 0 Å². The van der Waals surface area contributed by atoms with Gasteiger partial charge in [-0.05, 0) is 32.1 Å². The summed E-state index contributed by atoms with van der Waals surface area (Å²) in [7, 11) is 1.69. The van der Waals surface area contributed by atoms with Gasteiger partial charge in [0.15, 0.2) is 0 Å². The number of carbonyl (C=O) groups is 2. The number of methoxy groups -OCH3 is 1. The number of carbonyl (C=O) groups excluding carboxylic acids is 2. The van der Waals surface area contributed by atoms with Crippen molar-refractivity contribution in [1.29, 1.82) is 0 Å². The van der Waals surface area contributed by atoms with Gasteiger partial charge in [0.25, 0.3) is 0 Å². The van der Waals surface area contributed by atoms with E-state index in [-0.39, 0.29) is 23.7 Å². The van der Waals surface area contributed by atoms with Crippen LogP contribution < -0.4 is 0 Å². The van der Waals surface area contributed by atoms with Gasteiger partial charge in [0, 0.05) is 20.3 Å². The van der Waals surface area contributed by atoms with E-state index in [1.807, 2.05) is 12.2 Å². The summed E-state index contributed by atoms with van der Waals surface area (Å²) in [5.74, 6) is -0.0786. The van der Waals surface area contributed by atoms with Crippen LogP contribution in [-0.2, 0) is 14.3 Å². The van der Waals surface area contributed by atoms with E-state index in [1.54, 1.807) is 7.11 Å². The van der Waals surface area contributed by atoms with Gasteiger partial charge in [0.1, 0.15) is 0 Å². The minimum atomic E-state index is -0.0820. The molecular weight excluding hydrogens is 230 g/mol. The van der Waals surface area contributed by atoms with Gasteiger partial charge in [-0.25, -0.2) is 0 Å². The van der Waals surface area contributed by atoms with Crippen LogP contribution in [0.1, 0.15) is 32.1 Å². The van der Waals surface area contributed by atoms with Crippen molar-refractivity contribution in [2.24, 2.45) is 11.8 Å². The van der Waals surface area contributed by atoms with Crippen molar-refractivity contribution >= 4 is 11.8 Å². The van der Waals surface area contributed by atoms with Gasteiger partial charge in [0.05, 0.1) is 11.8 Å². The van der Waals surface area contributed by atoms with E-state index in [0.29, 0.717) is 6.54 Å². The largest absolute Gasteiger partial charge is 0.385 e. The van der Waals surface area contributed by atoms with E-state index in [1.165, 1.54) is 4.90 Å². The molecule has 0 aromatic heterocycles. The lowest BCUT2D eigenvalue weighted by Gasteiger charge is -2.14. The predicted octanol–water partition coefficient (Wildman–Crippen LogP) is 1.75. The second-order valence-corrected chi connectivity index (χ2v) is 5.04. The molecule has 18 heavy (non-hydrogen) atoms. The highest BCUT2D eigenvalue weighted by Gasteiger charge is 2.46. The number of fused-ring (bicyclic) bond motifs is 1. The van der Waals surface area contributed by atoms with Crippen LogP contribution in [0.4, 0.5) is 0 Å². The summed E-state index contributed by atoms with van der Waals surface area (Å²) in [6, 6.07) is 0. The van der Waals surface area contributed by atoms with Gasteiger partial charge in [-0.3, -0.25) is 14.5 Å². The van der Waals surface area contributed by atoms with Gasteiger partial charge < -0.3 is 4.74 Å². The lowest BCUT2D eigenvalue weighted by molar-refractivity contribution is -0.139. The third-order valence-electron chi connectivity index (χ3n) is 3.83. The zero-order chi connectivity index (χ0) is 13.0. The summed E-state index contributed by atoms with van der Waals surface area (Å²) >= 11 is 0. The molecule has 0 radical (unpaired) electrons. The Kier molecular flexibility index (Phi) is 4.53. The van der Waals surface area contributed by atoms with Crippen molar-refractivity contribution in [3.05, 3.63) is 12.2 Å². The summed E-state index contributed by atoms with van der Waals surface area (Å²) in [5.41, 5.74) is 0. The van der Waals surface area contributed by atoms with Crippen LogP contribution >= 0.6 is 0 Å². The second-order valence-electron chi connectivity index (χ2n) is 5.04. The van der Waals surface area contributed by atoms with Crippen LogP contribution in [0.15, 0.2) is 12.2 Å². The van der Waals surface area contributed by atoms with Crippen LogP contribution in [-0.4, -0.2) is 37.0 Å². The molecule has 2 amide bonds. The minimum Gasteiger partial charge on any atom is -0.385 e. The normalized spacial score (nSPS) is 26.8. The minimum absolute atomic E-state index is 0.0427. The van der Waals surface area contributed by atoms with E-state index >= 15 is 0 Å². The molecule has 4 nitrogen and oxygen atoms in total. The van der Waals surface area contributed by atoms with Gasteiger partial charge in [-0.1, -0.05) is 12.2 Å². The smallest absolute Gasteiger partial charge is 0.233 e.